The summed E-state index contributed by atoms with van der Waals surface area (Å²) in [6, 6.07) is 5.19. The summed E-state index contributed by atoms with van der Waals surface area (Å²) in [5, 5.41) is 20.2. The first-order chi connectivity index (χ1) is 12.1. The van der Waals surface area contributed by atoms with Gasteiger partial charge in [0.2, 0.25) is 5.91 Å². The molecule has 0 spiro atoms. The van der Waals surface area contributed by atoms with Crippen LogP contribution < -0.4 is 14.8 Å². The lowest BCUT2D eigenvalue weighted by atomic mass is 9.86. The third-order valence-corrected chi connectivity index (χ3v) is 4.59. The molecule has 25 heavy (non-hydrogen) atoms. The van der Waals surface area contributed by atoms with Crippen LogP contribution in [0.3, 0.4) is 0 Å². The van der Waals surface area contributed by atoms with Crippen LogP contribution in [-0.2, 0) is 11.2 Å². The summed E-state index contributed by atoms with van der Waals surface area (Å²) in [6.07, 6.45) is 3.54. The second kappa shape index (κ2) is 7.57. The molecule has 1 aromatic carbocycles. The van der Waals surface area contributed by atoms with Crippen molar-refractivity contribution >= 4 is 5.91 Å². The Morgan fingerprint density at radius 2 is 2.08 bits per heavy atom. The van der Waals surface area contributed by atoms with Crippen LogP contribution in [0, 0.1) is 0 Å². The number of aryl methyl sites for hydroxylation is 1. The third-order valence-electron chi connectivity index (χ3n) is 4.59. The van der Waals surface area contributed by atoms with E-state index in [1.807, 2.05) is 0 Å². The highest BCUT2D eigenvalue weighted by Gasteiger charge is 2.28. The summed E-state index contributed by atoms with van der Waals surface area (Å²) in [5.74, 6) is 0.885. The summed E-state index contributed by atoms with van der Waals surface area (Å²) < 4.78 is 10.4. The van der Waals surface area contributed by atoms with Crippen LogP contribution >= 0.6 is 0 Å². The normalized spacial score (nSPS) is 17.5. The molecular formula is C18H23N3O4. The second-order valence-corrected chi connectivity index (χ2v) is 6.16. The van der Waals surface area contributed by atoms with Gasteiger partial charge in [-0.15, -0.1) is 0 Å². The van der Waals surface area contributed by atoms with Crippen LogP contribution in [0.2, 0.25) is 0 Å². The van der Waals surface area contributed by atoms with Crippen LogP contribution in [0.1, 0.15) is 41.7 Å². The highest BCUT2D eigenvalue weighted by Crippen LogP contribution is 2.30. The standard InChI is InChI=1S/C18H23N3O4/c1-24-12-6-11(7-13(8-12)25-2)17(22)10-19-18(23)14-4-3-5-16-15(14)9-20-21-16/h6-9,14,17,22H,3-5,10H2,1-2H3,(H,19,23)(H,20,21)/t14-,17+/m1/s1. The quantitative estimate of drug-likeness (QED) is 0.740. The number of H-pyrrole nitrogens is 1. The van der Waals surface area contributed by atoms with Gasteiger partial charge in [-0.05, 0) is 37.0 Å². The Labute approximate surface area is 146 Å². The Morgan fingerprint density at radius 3 is 2.76 bits per heavy atom. The Hall–Kier alpha value is -2.54. The number of amides is 1. The number of ether oxygens (including phenoxy) is 2. The molecular weight excluding hydrogens is 322 g/mol. The number of nitrogens with zero attached hydrogens (tertiary/aromatic N) is 1. The molecule has 1 aliphatic carbocycles. The number of carbonyl (C=O) groups is 1. The number of aromatic nitrogens is 2. The fourth-order valence-electron chi connectivity index (χ4n) is 3.19. The van der Waals surface area contributed by atoms with E-state index in [2.05, 4.69) is 15.5 Å². The van der Waals surface area contributed by atoms with E-state index in [4.69, 9.17) is 9.47 Å². The van der Waals surface area contributed by atoms with Gasteiger partial charge >= 0.3 is 0 Å². The molecule has 0 saturated carbocycles. The summed E-state index contributed by atoms with van der Waals surface area (Å²) in [7, 11) is 3.11. The zero-order valence-corrected chi connectivity index (χ0v) is 14.4. The van der Waals surface area contributed by atoms with Gasteiger partial charge in [-0.2, -0.15) is 5.10 Å². The average Bonchev–Trinajstić information content (AvgIpc) is 3.14. The Bertz CT molecular complexity index is 721. The van der Waals surface area contributed by atoms with Crippen molar-refractivity contribution < 1.29 is 19.4 Å². The monoisotopic (exact) mass is 345 g/mol. The van der Waals surface area contributed by atoms with Gasteiger partial charge in [0.05, 0.1) is 32.4 Å². The van der Waals surface area contributed by atoms with Crippen molar-refractivity contribution in [3.05, 3.63) is 41.2 Å². The van der Waals surface area contributed by atoms with Crippen molar-refractivity contribution in [3.63, 3.8) is 0 Å². The lowest BCUT2D eigenvalue weighted by molar-refractivity contribution is -0.123. The minimum absolute atomic E-state index is 0.0868. The van der Waals surface area contributed by atoms with Gasteiger partial charge < -0.3 is 19.9 Å². The van der Waals surface area contributed by atoms with Gasteiger partial charge in [0.25, 0.3) is 0 Å². The number of hydrogen-bond acceptors (Lipinski definition) is 5. The molecule has 0 saturated heterocycles. The van der Waals surface area contributed by atoms with Gasteiger partial charge in [0.1, 0.15) is 11.5 Å². The van der Waals surface area contributed by atoms with Crippen molar-refractivity contribution in [1.29, 1.82) is 0 Å². The minimum atomic E-state index is -0.847. The van der Waals surface area contributed by atoms with Crippen LogP contribution in [0.25, 0.3) is 0 Å². The van der Waals surface area contributed by atoms with E-state index in [1.54, 1.807) is 38.6 Å². The van der Waals surface area contributed by atoms with Crippen molar-refractivity contribution in [3.8, 4) is 11.5 Å². The van der Waals surface area contributed by atoms with Gasteiger partial charge in [-0.1, -0.05) is 0 Å². The number of carbonyl (C=O) groups excluding carboxylic acids is 1. The highest BCUT2D eigenvalue weighted by molar-refractivity contribution is 5.84. The topological polar surface area (TPSA) is 96.5 Å². The molecule has 7 nitrogen and oxygen atoms in total. The molecule has 3 N–H and O–H groups in total. The molecule has 3 rings (SSSR count). The van der Waals surface area contributed by atoms with Crippen molar-refractivity contribution in [2.75, 3.05) is 20.8 Å². The minimum Gasteiger partial charge on any atom is -0.497 e. The number of benzene rings is 1. The van der Waals surface area contributed by atoms with Gasteiger partial charge in [-0.25, -0.2) is 0 Å². The van der Waals surface area contributed by atoms with Crippen molar-refractivity contribution in [2.45, 2.75) is 31.3 Å². The van der Waals surface area contributed by atoms with E-state index in [1.165, 1.54) is 0 Å². The van der Waals surface area contributed by atoms with Crippen LogP contribution in [0.15, 0.2) is 24.4 Å². The van der Waals surface area contributed by atoms with Crippen LogP contribution in [-0.4, -0.2) is 42.0 Å². The van der Waals surface area contributed by atoms with Crippen LogP contribution in [0.5, 0.6) is 11.5 Å². The largest absolute Gasteiger partial charge is 0.497 e. The summed E-state index contributed by atoms with van der Waals surface area (Å²) in [4.78, 5) is 12.5. The number of aromatic amines is 1. The maximum atomic E-state index is 12.5. The van der Waals surface area contributed by atoms with E-state index in [0.717, 1.165) is 30.5 Å². The Balaban J connectivity index is 1.65. The molecule has 7 heteroatoms. The molecule has 134 valence electrons. The fraction of sp³-hybridized carbons (Fsp3) is 0.444. The fourth-order valence-corrected chi connectivity index (χ4v) is 3.19. The summed E-state index contributed by atoms with van der Waals surface area (Å²) in [6.45, 7) is 0.124. The summed E-state index contributed by atoms with van der Waals surface area (Å²) in [5.41, 5.74) is 2.62. The first-order valence-electron chi connectivity index (χ1n) is 8.33. The van der Waals surface area contributed by atoms with E-state index in [9.17, 15) is 9.90 Å². The first-order valence-corrected chi connectivity index (χ1v) is 8.33. The smallest absolute Gasteiger partial charge is 0.227 e. The molecule has 0 aliphatic heterocycles. The van der Waals surface area contributed by atoms with Gasteiger partial charge in [-0.3, -0.25) is 9.89 Å². The van der Waals surface area contributed by atoms with Crippen molar-refractivity contribution in [2.24, 2.45) is 0 Å². The van der Waals surface area contributed by atoms with Gasteiger partial charge in [0.15, 0.2) is 0 Å². The number of fused-ring (bicyclic) bond motifs is 1. The van der Waals surface area contributed by atoms with Gasteiger partial charge in [0, 0.05) is 23.9 Å². The SMILES string of the molecule is COc1cc(OC)cc([C@@H](O)CNC(=O)[C@@H]2CCCc3[nH]ncc32)c1. The maximum absolute atomic E-state index is 12.5. The molecule has 0 radical (unpaired) electrons. The molecule has 0 bridgehead atoms. The number of methoxy groups -OCH3 is 2. The summed E-state index contributed by atoms with van der Waals surface area (Å²) >= 11 is 0. The zero-order valence-electron chi connectivity index (χ0n) is 14.4. The molecule has 1 heterocycles. The van der Waals surface area contributed by atoms with E-state index < -0.39 is 6.10 Å². The molecule has 0 fully saturated rings. The van der Waals surface area contributed by atoms with E-state index in [-0.39, 0.29) is 18.4 Å². The number of aliphatic hydroxyl groups excluding tert-OH is 1. The maximum Gasteiger partial charge on any atom is 0.227 e. The van der Waals surface area contributed by atoms with E-state index >= 15 is 0 Å². The predicted molar refractivity (Wildman–Crippen MR) is 91.8 cm³/mol. The van der Waals surface area contributed by atoms with Crippen molar-refractivity contribution in [1.82, 2.24) is 15.5 Å². The Kier molecular flexibility index (Phi) is 5.23. The highest BCUT2D eigenvalue weighted by atomic mass is 16.5. The first kappa shape index (κ1) is 17.3. The molecule has 1 amide bonds. The molecule has 2 aromatic rings. The number of rotatable bonds is 6. The number of nitrogens with one attached hydrogen (secondary N) is 2. The predicted octanol–water partition coefficient (Wildman–Crippen LogP) is 1.70. The second-order valence-electron chi connectivity index (χ2n) is 6.16. The number of hydrogen-bond donors (Lipinski definition) is 3. The average molecular weight is 345 g/mol. The lowest BCUT2D eigenvalue weighted by Gasteiger charge is -2.22. The molecule has 1 aromatic heterocycles. The molecule has 0 unspecified atom stereocenters. The van der Waals surface area contributed by atoms with Crippen LogP contribution in [0.4, 0.5) is 0 Å². The zero-order chi connectivity index (χ0) is 17.8. The van der Waals surface area contributed by atoms with E-state index in [0.29, 0.717) is 17.1 Å². The Morgan fingerprint density at radius 1 is 1.36 bits per heavy atom. The molecule has 1 aliphatic rings. The lowest BCUT2D eigenvalue weighted by Crippen LogP contribution is -2.34. The molecule has 2 atom stereocenters. The third kappa shape index (κ3) is 3.76. The number of aliphatic hydroxyl groups is 1.